The third kappa shape index (κ3) is 4.68. The number of phenolic OH excluding ortho intramolecular Hbond substituents is 1. The summed E-state index contributed by atoms with van der Waals surface area (Å²) in [5.41, 5.74) is 2.67. The van der Waals surface area contributed by atoms with Crippen LogP contribution in [0.5, 0.6) is 5.75 Å². The Hall–Kier alpha value is -1.78. The molecule has 0 aliphatic carbocycles. The molecule has 1 aromatic heterocycles. The average molecular weight is 379 g/mol. The van der Waals surface area contributed by atoms with Gasteiger partial charge in [0.1, 0.15) is 5.75 Å². The summed E-state index contributed by atoms with van der Waals surface area (Å²) in [4.78, 5) is 15.2. The van der Waals surface area contributed by atoms with Gasteiger partial charge in [-0.05, 0) is 42.8 Å². The number of carbonyl (C=O) groups excluding carboxylic acids is 1. The van der Waals surface area contributed by atoms with E-state index in [0.717, 1.165) is 24.2 Å². The second-order valence-electron chi connectivity index (χ2n) is 7.58. The monoisotopic (exact) mass is 378 g/mol. The summed E-state index contributed by atoms with van der Waals surface area (Å²) in [6, 6.07) is 7.39. The SMILES string of the molecule is CCN(CC)Cc1cc(C(=O)c2cccn2C)cc(C(C)(C)C)c1O.Cl. The summed E-state index contributed by atoms with van der Waals surface area (Å²) >= 11 is 0. The van der Waals surface area contributed by atoms with Gasteiger partial charge in [-0.25, -0.2) is 0 Å². The highest BCUT2D eigenvalue weighted by molar-refractivity contribution is 6.08. The van der Waals surface area contributed by atoms with Gasteiger partial charge in [-0.1, -0.05) is 34.6 Å². The third-order valence-electron chi connectivity index (χ3n) is 4.72. The van der Waals surface area contributed by atoms with Crippen molar-refractivity contribution in [1.29, 1.82) is 0 Å². The number of hydrogen-bond acceptors (Lipinski definition) is 3. The molecule has 0 amide bonds. The lowest BCUT2D eigenvalue weighted by Crippen LogP contribution is -2.23. The highest BCUT2D eigenvalue weighted by Gasteiger charge is 2.24. The molecule has 1 N–H and O–H groups in total. The van der Waals surface area contributed by atoms with Crippen LogP contribution in [0.15, 0.2) is 30.5 Å². The van der Waals surface area contributed by atoms with Crippen molar-refractivity contribution in [3.63, 3.8) is 0 Å². The molecule has 1 aromatic carbocycles. The first-order valence-corrected chi connectivity index (χ1v) is 8.93. The van der Waals surface area contributed by atoms with Crippen LogP contribution in [-0.2, 0) is 19.0 Å². The normalized spacial score (nSPS) is 11.5. The van der Waals surface area contributed by atoms with Gasteiger partial charge in [-0.3, -0.25) is 9.69 Å². The second kappa shape index (κ2) is 8.74. The molecule has 4 nitrogen and oxygen atoms in total. The van der Waals surface area contributed by atoms with Crippen LogP contribution < -0.4 is 0 Å². The Morgan fingerprint density at radius 1 is 1.19 bits per heavy atom. The van der Waals surface area contributed by atoms with E-state index in [1.54, 1.807) is 0 Å². The van der Waals surface area contributed by atoms with E-state index in [0.29, 0.717) is 23.6 Å². The van der Waals surface area contributed by atoms with E-state index in [1.165, 1.54) is 0 Å². The Morgan fingerprint density at radius 3 is 2.27 bits per heavy atom. The minimum Gasteiger partial charge on any atom is -0.507 e. The molecule has 0 saturated heterocycles. The number of ketones is 1. The molecule has 144 valence electrons. The molecule has 2 aromatic rings. The first kappa shape index (κ1) is 22.3. The van der Waals surface area contributed by atoms with Crippen LogP contribution in [0.25, 0.3) is 0 Å². The summed E-state index contributed by atoms with van der Waals surface area (Å²) in [5.74, 6) is 0.293. The lowest BCUT2D eigenvalue weighted by molar-refractivity contribution is 0.103. The summed E-state index contributed by atoms with van der Waals surface area (Å²) in [7, 11) is 1.87. The number of aromatic hydroxyl groups is 1. The molecular weight excluding hydrogens is 348 g/mol. The van der Waals surface area contributed by atoms with Crippen molar-refractivity contribution in [3.05, 3.63) is 52.8 Å². The number of aryl methyl sites for hydroxylation is 1. The molecule has 0 aliphatic rings. The van der Waals surface area contributed by atoms with Crippen LogP contribution in [0, 0.1) is 0 Å². The predicted molar refractivity (Wildman–Crippen MR) is 110 cm³/mol. The molecular formula is C21H31ClN2O2. The van der Waals surface area contributed by atoms with Crippen molar-refractivity contribution in [2.24, 2.45) is 7.05 Å². The number of aromatic nitrogens is 1. The van der Waals surface area contributed by atoms with Gasteiger partial charge >= 0.3 is 0 Å². The van der Waals surface area contributed by atoms with E-state index in [2.05, 4.69) is 39.5 Å². The van der Waals surface area contributed by atoms with E-state index >= 15 is 0 Å². The molecule has 0 fully saturated rings. The van der Waals surface area contributed by atoms with Crippen molar-refractivity contribution in [2.75, 3.05) is 13.1 Å². The van der Waals surface area contributed by atoms with Crippen LogP contribution in [-0.4, -0.2) is 33.4 Å². The number of halogens is 1. The molecule has 2 rings (SSSR count). The predicted octanol–water partition coefficient (Wildman–Crippen LogP) is 4.52. The summed E-state index contributed by atoms with van der Waals surface area (Å²) < 4.78 is 1.83. The smallest absolute Gasteiger partial charge is 0.209 e. The fourth-order valence-corrected chi connectivity index (χ4v) is 3.05. The highest BCUT2D eigenvalue weighted by atomic mass is 35.5. The number of hydrogen-bond donors (Lipinski definition) is 1. The average Bonchev–Trinajstić information content (AvgIpc) is 2.98. The Morgan fingerprint density at radius 2 is 1.81 bits per heavy atom. The van der Waals surface area contributed by atoms with Gasteiger partial charge in [-0.2, -0.15) is 0 Å². The molecule has 1 heterocycles. The molecule has 0 aliphatic heterocycles. The molecule has 5 heteroatoms. The molecule has 0 spiro atoms. The van der Waals surface area contributed by atoms with Gasteiger partial charge in [0.25, 0.3) is 0 Å². The Kier molecular flexibility index (Phi) is 7.48. The topological polar surface area (TPSA) is 45.5 Å². The molecule has 0 bridgehead atoms. The molecule has 0 saturated carbocycles. The zero-order valence-corrected chi connectivity index (χ0v) is 17.5. The molecule has 0 atom stereocenters. The Balaban J connectivity index is 0.00000338. The van der Waals surface area contributed by atoms with Crippen LogP contribution in [0.3, 0.4) is 0 Å². The first-order chi connectivity index (χ1) is 11.7. The summed E-state index contributed by atoms with van der Waals surface area (Å²) in [6.45, 7) is 12.8. The number of carbonyl (C=O) groups is 1. The molecule has 0 unspecified atom stereocenters. The van der Waals surface area contributed by atoms with Crippen LogP contribution in [0.1, 0.15) is 61.8 Å². The van der Waals surface area contributed by atoms with Crippen molar-refractivity contribution >= 4 is 18.2 Å². The second-order valence-corrected chi connectivity index (χ2v) is 7.58. The minimum absolute atomic E-state index is 0. The summed E-state index contributed by atoms with van der Waals surface area (Å²) in [5, 5.41) is 10.8. The quantitative estimate of drug-likeness (QED) is 0.751. The lowest BCUT2D eigenvalue weighted by Gasteiger charge is -2.25. The van der Waals surface area contributed by atoms with Crippen LogP contribution in [0.4, 0.5) is 0 Å². The van der Waals surface area contributed by atoms with Gasteiger partial charge < -0.3 is 9.67 Å². The first-order valence-electron chi connectivity index (χ1n) is 8.93. The maximum absolute atomic E-state index is 13.0. The van der Waals surface area contributed by atoms with E-state index in [9.17, 15) is 9.90 Å². The van der Waals surface area contributed by atoms with E-state index in [-0.39, 0.29) is 23.6 Å². The van der Waals surface area contributed by atoms with Gasteiger partial charge in [0, 0.05) is 36.5 Å². The molecule has 26 heavy (non-hydrogen) atoms. The lowest BCUT2D eigenvalue weighted by atomic mass is 9.83. The van der Waals surface area contributed by atoms with Gasteiger partial charge in [0.05, 0.1) is 5.69 Å². The van der Waals surface area contributed by atoms with E-state index in [1.807, 2.05) is 42.1 Å². The van der Waals surface area contributed by atoms with E-state index < -0.39 is 0 Å². The third-order valence-corrected chi connectivity index (χ3v) is 4.72. The Bertz CT molecular complexity index is 756. The fraction of sp³-hybridized carbons (Fsp3) is 0.476. The van der Waals surface area contributed by atoms with Crippen molar-refractivity contribution in [1.82, 2.24) is 9.47 Å². The number of nitrogens with zero attached hydrogens (tertiary/aromatic N) is 2. The fourth-order valence-electron chi connectivity index (χ4n) is 3.05. The van der Waals surface area contributed by atoms with Crippen molar-refractivity contribution in [3.8, 4) is 5.75 Å². The number of benzene rings is 1. The van der Waals surface area contributed by atoms with Crippen LogP contribution >= 0.6 is 12.4 Å². The maximum Gasteiger partial charge on any atom is 0.209 e. The largest absolute Gasteiger partial charge is 0.507 e. The van der Waals surface area contributed by atoms with E-state index in [4.69, 9.17) is 0 Å². The number of rotatable bonds is 6. The standard InChI is InChI=1S/C21H30N2O2.ClH/c1-7-23(8-2)14-16-12-15(13-17(19(16)24)21(3,4)5)20(25)18-10-9-11-22(18)6;/h9-13,24H,7-8,14H2,1-6H3;1H. The van der Waals surface area contributed by atoms with Crippen molar-refractivity contribution < 1.29 is 9.90 Å². The number of phenols is 1. The zero-order valence-electron chi connectivity index (χ0n) is 16.7. The van der Waals surface area contributed by atoms with Crippen molar-refractivity contribution in [2.45, 2.75) is 46.6 Å². The van der Waals surface area contributed by atoms with Gasteiger partial charge in [0.15, 0.2) is 0 Å². The Labute approximate surface area is 163 Å². The minimum atomic E-state index is -0.243. The zero-order chi connectivity index (χ0) is 18.8. The summed E-state index contributed by atoms with van der Waals surface area (Å²) in [6.07, 6.45) is 1.87. The van der Waals surface area contributed by atoms with Crippen LogP contribution in [0.2, 0.25) is 0 Å². The highest BCUT2D eigenvalue weighted by Crippen LogP contribution is 2.35. The molecule has 0 radical (unpaired) electrons. The van der Waals surface area contributed by atoms with Gasteiger partial charge in [-0.15, -0.1) is 12.4 Å². The maximum atomic E-state index is 13.0. The van der Waals surface area contributed by atoms with Gasteiger partial charge in [0.2, 0.25) is 5.78 Å².